The van der Waals surface area contributed by atoms with Gasteiger partial charge in [-0.3, -0.25) is 9.59 Å². The van der Waals surface area contributed by atoms with E-state index in [-0.39, 0.29) is 28.8 Å². The monoisotopic (exact) mass is 472 g/mol. The van der Waals surface area contributed by atoms with E-state index in [2.05, 4.69) is 15.7 Å². The van der Waals surface area contributed by atoms with Crippen LogP contribution in [0.5, 0.6) is 0 Å². The summed E-state index contributed by atoms with van der Waals surface area (Å²) < 4.78 is 46.0. The molecule has 2 amide bonds. The molecule has 1 aliphatic rings. The number of carbonyl (C=O) groups is 2. The first-order valence-electron chi connectivity index (χ1n) is 10.8. The van der Waals surface area contributed by atoms with Gasteiger partial charge in [0.05, 0.1) is 46.1 Å². The second-order valence-electron chi connectivity index (χ2n) is 7.95. The van der Waals surface area contributed by atoms with Gasteiger partial charge in [-0.05, 0) is 50.1 Å². The summed E-state index contributed by atoms with van der Waals surface area (Å²) in [6.45, 7) is 2.65. The Morgan fingerprint density at radius 2 is 1.91 bits per heavy atom. The first-order chi connectivity index (χ1) is 16.2. The molecular formula is C24H23F3N4O3. The lowest BCUT2D eigenvalue weighted by Gasteiger charge is -2.14. The van der Waals surface area contributed by atoms with Gasteiger partial charge in [-0.1, -0.05) is 18.2 Å². The highest BCUT2D eigenvalue weighted by molar-refractivity contribution is 6.09. The van der Waals surface area contributed by atoms with E-state index in [0.29, 0.717) is 24.5 Å². The van der Waals surface area contributed by atoms with E-state index in [1.54, 1.807) is 31.2 Å². The van der Waals surface area contributed by atoms with Crippen LogP contribution in [0.15, 0.2) is 54.7 Å². The van der Waals surface area contributed by atoms with E-state index in [9.17, 15) is 22.8 Å². The summed E-state index contributed by atoms with van der Waals surface area (Å²) in [5.74, 6) is -0.877. The van der Waals surface area contributed by atoms with Crippen LogP contribution in [0.2, 0.25) is 0 Å². The summed E-state index contributed by atoms with van der Waals surface area (Å²) in [5.41, 5.74) is 0.499. The molecule has 1 aromatic heterocycles. The molecule has 3 aromatic rings. The molecule has 34 heavy (non-hydrogen) atoms. The minimum absolute atomic E-state index is 0.0185. The molecule has 1 unspecified atom stereocenters. The lowest BCUT2D eigenvalue weighted by Crippen LogP contribution is -2.32. The molecule has 1 atom stereocenters. The number of alkyl halides is 3. The van der Waals surface area contributed by atoms with Gasteiger partial charge in [-0.25, -0.2) is 4.68 Å². The van der Waals surface area contributed by atoms with Crippen LogP contribution in [0.1, 0.15) is 44.8 Å². The Labute approximate surface area is 193 Å². The van der Waals surface area contributed by atoms with Gasteiger partial charge in [0.15, 0.2) is 0 Å². The molecule has 7 nitrogen and oxygen atoms in total. The molecule has 2 N–H and O–H groups in total. The van der Waals surface area contributed by atoms with Crippen molar-refractivity contribution in [2.75, 3.05) is 18.5 Å². The Kier molecular flexibility index (Phi) is 6.69. The van der Waals surface area contributed by atoms with Gasteiger partial charge >= 0.3 is 6.18 Å². The average molecular weight is 472 g/mol. The zero-order chi connectivity index (χ0) is 24.3. The Morgan fingerprint density at radius 1 is 1.12 bits per heavy atom. The maximum Gasteiger partial charge on any atom is 0.416 e. The second kappa shape index (κ2) is 9.68. The summed E-state index contributed by atoms with van der Waals surface area (Å²) in [6.07, 6.45) is -1.39. The van der Waals surface area contributed by atoms with Crippen molar-refractivity contribution in [3.05, 3.63) is 77.1 Å². The molecule has 0 aliphatic carbocycles. The molecular weight excluding hydrogens is 449 g/mol. The highest BCUT2D eigenvalue weighted by atomic mass is 19.4. The van der Waals surface area contributed by atoms with Crippen LogP contribution in [0.25, 0.3) is 5.69 Å². The number of hydrogen-bond acceptors (Lipinski definition) is 4. The van der Waals surface area contributed by atoms with Gasteiger partial charge in [0.2, 0.25) is 0 Å². The van der Waals surface area contributed by atoms with Crippen molar-refractivity contribution in [1.29, 1.82) is 0 Å². The number of hydrogen-bond donors (Lipinski definition) is 2. The minimum atomic E-state index is -4.49. The van der Waals surface area contributed by atoms with E-state index < -0.39 is 17.6 Å². The standard InChI is InChI=1S/C24H23F3N4O3/c1-15-20(14-29-31(15)17-7-4-6-16(12-17)24(25,26)27)23(33)30-21-10-3-2-9-19(21)22(32)28-13-18-8-5-11-34-18/h2-4,6-7,9-10,12,14,18H,5,8,11,13H2,1H3,(H,28,32)(H,30,33). The summed E-state index contributed by atoms with van der Waals surface area (Å²) in [5, 5.41) is 9.64. The summed E-state index contributed by atoms with van der Waals surface area (Å²) in [4.78, 5) is 25.6. The first-order valence-corrected chi connectivity index (χ1v) is 10.8. The zero-order valence-corrected chi connectivity index (χ0v) is 18.4. The molecule has 0 spiro atoms. The van der Waals surface area contributed by atoms with Crippen molar-refractivity contribution in [3.8, 4) is 5.69 Å². The van der Waals surface area contributed by atoms with Gasteiger partial charge in [0.1, 0.15) is 0 Å². The summed E-state index contributed by atoms with van der Waals surface area (Å²) in [7, 11) is 0. The number of para-hydroxylation sites is 1. The van der Waals surface area contributed by atoms with Crippen LogP contribution < -0.4 is 10.6 Å². The Bertz CT molecular complexity index is 1200. The topological polar surface area (TPSA) is 85.2 Å². The Hall–Kier alpha value is -3.66. The molecule has 1 fully saturated rings. The highest BCUT2D eigenvalue weighted by Crippen LogP contribution is 2.30. The van der Waals surface area contributed by atoms with Gasteiger partial charge in [-0.2, -0.15) is 18.3 Å². The van der Waals surface area contributed by atoms with Gasteiger partial charge in [0, 0.05) is 13.2 Å². The number of carbonyl (C=O) groups excluding carboxylic acids is 2. The molecule has 0 radical (unpaired) electrons. The summed E-state index contributed by atoms with van der Waals surface area (Å²) in [6, 6.07) is 11.3. The molecule has 1 aliphatic heterocycles. The van der Waals surface area contributed by atoms with Crippen molar-refractivity contribution in [2.24, 2.45) is 0 Å². The lowest BCUT2D eigenvalue weighted by molar-refractivity contribution is -0.137. The SMILES string of the molecule is Cc1c(C(=O)Nc2ccccc2C(=O)NCC2CCCO2)cnn1-c1cccc(C(F)(F)F)c1. The predicted octanol–water partition coefficient (Wildman–Crippen LogP) is 4.36. The van der Waals surface area contributed by atoms with Crippen LogP contribution in [0, 0.1) is 6.92 Å². The van der Waals surface area contributed by atoms with Gasteiger partial charge in [-0.15, -0.1) is 0 Å². The first kappa shape index (κ1) is 23.5. The van der Waals surface area contributed by atoms with Crippen LogP contribution >= 0.6 is 0 Å². The van der Waals surface area contributed by atoms with Crippen molar-refractivity contribution >= 4 is 17.5 Å². The predicted molar refractivity (Wildman–Crippen MR) is 119 cm³/mol. The molecule has 4 rings (SSSR count). The van der Waals surface area contributed by atoms with E-state index in [1.807, 2.05) is 0 Å². The van der Waals surface area contributed by atoms with Crippen molar-refractivity contribution in [2.45, 2.75) is 32.0 Å². The molecule has 2 heterocycles. The summed E-state index contributed by atoms with van der Waals surface area (Å²) >= 11 is 0. The minimum Gasteiger partial charge on any atom is -0.376 e. The van der Waals surface area contributed by atoms with Crippen LogP contribution in [-0.2, 0) is 10.9 Å². The largest absolute Gasteiger partial charge is 0.416 e. The molecule has 178 valence electrons. The molecule has 0 saturated carbocycles. The molecule has 1 saturated heterocycles. The quantitative estimate of drug-likeness (QED) is 0.558. The van der Waals surface area contributed by atoms with Crippen molar-refractivity contribution < 1.29 is 27.5 Å². The maximum absolute atomic E-state index is 13.1. The average Bonchev–Trinajstić information content (AvgIpc) is 3.47. The van der Waals surface area contributed by atoms with E-state index in [0.717, 1.165) is 25.0 Å². The number of ether oxygens (including phenoxy) is 1. The van der Waals surface area contributed by atoms with E-state index >= 15 is 0 Å². The fraction of sp³-hybridized carbons (Fsp3) is 0.292. The fourth-order valence-electron chi connectivity index (χ4n) is 3.79. The van der Waals surface area contributed by atoms with Crippen molar-refractivity contribution in [3.63, 3.8) is 0 Å². The van der Waals surface area contributed by atoms with E-state index in [4.69, 9.17) is 4.74 Å². The van der Waals surface area contributed by atoms with Crippen molar-refractivity contribution in [1.82, 2.24) is 15.1 Å². The highest BCUT2D eigenvalue weighted by Gasteiger charge is 2.31. The Balaban J connectivity index is 1.51. The smallest absolute Gasteiger partial charge is 0.376 e. The molecule has 0 bridgehead atoms. The number of amides is 2. The fourth-order valence-corrected chi connectivity index (χ4v) is 3.79. The van der Waals surface area contributed by atoms with Crippen LogP contribution in [-0.4, -0.2) is 40.9 Å². The normalized spacial score (nSPS) is 15.8. The Morgan fingerprint density at radius 3 is 2.65 bits per heavy atom. The third-order valence-corrected chi connectivity index (χ3v) is 5.61. The number of halogens is 3. The molecule has 10 heteroatoms. The third-order valence-electron chi connectivity index (χ3n) is 5.61. The third kappa shape index (κ3) is 5.12. The number of nitrogens with zero attached hydrogens (tertiary/aromatic N) is 2. The maximum atomic E-state index is 13.1. The zero-order valence-electron chi connectivity index (χ0n) is 18.4. The van der Waals surface area contributed by atoms with Crippen LogP contribution in [0.3, 0.4) is 0 Å². The molecule has 2 aromatic carbocycles. The van der Waals surface area contributed by atoms with Gasteiger partial charge in [0.25, 0.3) is 11.8 Å². The lowest BCUT2D eigenvalue weighted by atomic mass is 10.1. The van der Waals surface area contributed by atoms with E-state index in [1.165, 1.54) is 23.0 Å². The number of aromatic nitrogens is 2. The van der Waals surface area contributed by atoms with Gasteiger partial charge < -0.3 is 15.4 Å². The number of nitrogens with one attached hydrogen (secondary N) is 2. The number of rotatable bonds is 6. The second-order valence-corrected chi connectivity index (χ2v) is 7.95. The number of benzene rings is 2. The van der Waals surface area contributed by atoms with Crippen LogP contribution in [0.4, 0.5) is 18.9 Å². The number of anilines is 1.